The van der Waals surface area contributed by atoms with Gasteiger partial charge >= 0.3 is 0 Å². The molecule has 0 bridgehead atoms. The predicted octanol–water partition coefficient (Wildman–Crippen LogP) is -0.191. The molecular weight excluding hydrogens is 166 g/mol. The molecule has 0 aliphatic rings. The number of aryl methyl sites for hydroxylation is 1. The SMILES string of the molecule is Cc1ccc(N)c(C#CC(N)=O)n1. The quantitative estimate of drug-likeness (QED) is 0.536. The number of carbonyl (C=O) groups is 1. The maximum Gasteiger partial charge on any atom is 0.293 e. The van der Waals surface area contributed by atoms with E-state index >= 15 is 0 Å². The van der Waals surface area contributed by atoms with Crippen LogP contribution >= 0.6 is 0 Å². The van der Waals surface area contributed by atoms with Gasteiger partial charge in [-0.05, 0) is 25.0 Å². The first kappa shape index (κ1) is 9.07. The molecule has 4 heteroatoms. The summed E-state index contributed by atoms with van der Waals surface area (Å²) in [5, 5.41) is 0. The summed E-state index contributed by atoms with van der Waals surface area (Å²) in [6, 6.07) is 3.46. The fraction of sp³-hybridized carbons (Fsp3) is 0.111. The molecule has 0 saturated carbocycles. The van der Waals surface area contributed by atoms with Crippen LogP contribution in [0.1, 0.15) is 11.4 Å². The lowest BCUT2D eigenvalue weighted by Crippen LogP contribution is -2.06. The number of amides is 1. The molecule has 0 saturated heterocycles. The van der Waals surface area contributed by atoms with Gasteiger partial charge in [0.25, 0.3) is 5.91 Å². The van der Waals surface area contributed by atoms with Gasteiger partial charge in [-0.3, -0.25) is 4.79 Å². The van der Waals surface area contributed by atoms with E-state index in [9.17, 15) is 4.79 Å². The van der Waals surface area contributed by atoms with Gasteiger partial charge < -0.3 is 11.5 Å². The summed E-state index contributed by atoms with van der Waals surface area (Å²) < 4.78 is 0. The highest BCUT2D eigenvalue weighted by Gasteiger charge is 1.96. The second-order valence-electron chi connectivity index (χ2n) is 2.50. The number of hydrogen-bond donors (Lipinski definition) is 2. The van der Waals surface area contributed by atoms with Crippen molar-refractivity contribution in [2.24, 2.45) is 5.73 Å². The van der Waals surface area contributed by atoms with E-state index in [2.05, 4.69) is 16.8 Å². The van der Waals surface area contributed by atoms with Gasteiger partial charge in [0.1, 0.15) is 5.69 Å². The number of rotatable bonds is 0. The summed E-state index contributed by atoms with van der Waals surface area (Å²) in [6.45, 7) is 1.81. The largest absolute Gasteiger partial charge is 0.396 e. The second kappa shape index (κ2) is 3.59. The van der Waals surface area contributed by atoms with Crippen LogP contribution in [0.5, 0.6) is 0 Å². The number of pyridine rings is 1. The minimum atomic E-state index is -0.692. The lowest BCUT2D eigenvalue weighted by atomic mass is 10.2. The van der Waals surface area contributed by atoms with E-state index in [0.29, 0.717) is 11.4 Å². The number of nitrogen functional groups attached to an aromatic ring is 1. The smallest absolute Gasteiger partial charge is 0.293 e. The molecule has 0 aliphatic carbocycles. The van der Waals surface area contributed by atoms with Crippen LogP contribution in [-0.2, 0) is 4.79 Å². The van der Waals surface area contributed by atoms with Gasteiger partial charge in [0.05, 0.1) is 5.69 Å². The van der Waals surface area contributed by atoms with Crippen LogP contribution < -0.4 is 11.5 Å². The maximum atomic E-state index is 10.3. The van der Waals surface area contributed by atoms with Crippen LogP contribution in [0.4, 0.5) is 5.69 Å². The first-order valence-corrected chi connectivity index (χ1v) is 3.64. The molecule has 4 N–H and O–H groups in total. The Bertz CT molecular complexity index is 401. The van der Waals surface area contributed by atoms with E-state index in [1.165, 1.54) is 0 Å². The number of carbonyl (C=O) groups excluding carboxylic acids is 1. The average Bonchev–Trinajstić information content (AvgIpc) is 2.06. The molecule has 0 radical (unpaired) electrons. The Kier molecular flexibility index (Phi) is 2.50. The van der Waals surface area contributed by atoms with E-state index in [0.717, 1.165) is 5.69 Å². The third kappa shape index (κ3) is 2.49. The van der Waals surface area contributed by atoms with Gasteiger partial charge in [-0.25, -0.2) is 4.98 Å². The number of hydrogen-bond acceptors (Lipinski definition) is 3. The highest BCUT2D eigenvalue weighted by Crippen LogP contribution is 2.07. The molecular formula is C9H9N3O. The monoisotopic (exact) mass is 175 g/mol. The Balaban J connectivity index is 3.09. The highest BCUT2D eigenvalue weighted by molar-refractivity contribution is 5.92. The van der Waals surface area contributed by atoms with E-state index in [-0.39, 0.29) is 0 Å². The summed E-state index contributed by atoms with van der Waals surface area (Å²) in [5.41, 5.74) is 12.0. The fourth-order valence-corrected chi connectivity index (χ4v) is 0.788. The van der Waals surface area contributed by atoms with Crippen molar-refractivity contribution in [2.75, 3.05) is 5.73 Å². The molecule has 1 aromatic rings. The first-order chi connectivity index (χ1) is 6.09. The van der Waals surface area contributed by atoms with E-state index in [1.807, 2.05) is 6.92 Å². The molecule has 0 unspecified atom stereocenters. The fourth-order valence-electron chi connectivity index (χ4n) is 0.788. The zero-order valence-electron chi connectivity index (χ0n) is 7.16. The normalized spacial score (nSPS) is 8.69. The Morgan fingerprint density at radius 3 is 2.85 bits per heavy atom. The minimum Gasteiger partial charge on any atom is -0.396 e. The summed E-state index contributed by atoms with van der Waals surface area (Å²) in [6.07, 6.45) is 0. The summed E-state index contributed by atoms with van der Waals surface area (Å²) in [7, 11) is 0. The number of primary amides is 1. The Morgan fingerprint density at radius 2 is 2.23 bits per heavy atom. The lowest BCUT2D eigenvalue weighted by Gasteiger charge is -1.97. The van der Waals surface area contributed by atoms with E-state index in [4.69, 9.17) is 11.5 Å². The van der Waals surface area contributed by atoms with Crippen molar-refractivity contribution in [3.05, 3.63) is 23.5 Å². The number of nitrogens with zero attached hydrogens (tertiary/aromatic N) is 1. The van der Waals surface area contributed by atoms with Crippen molar-refractivity contribution < 1.29 is 4.79 Å². The molecule has 0 aromatic carbocycles. The van der Waals surface area contributed by atoms with Gasteiger partial charge in [-0.15, -0.1) is 0 Å². The second-order valence-corrected chi connectivity index (χ2v) is 2.50. The molecule has 0 atom stereocenters. The molecule has 66 valence electrons. The standard InChI is InChI=1S/C9H9N3O/c1-6-2-3-7(10)8(12-6)4-5-9(11)13/h2-3H,10H2,1H3,(H2,11,13). The lowest BCUT2D eigenvalue weighted by molar-refractivity contribution is -0.112. The van der Waals surface area contributed by atoms with Gasteiger partial charge in [-0.1, -0.05) is 0 Å². The predicted molar refractivity (Wildman–Crippen MR) is 49.5 cm³/mol. The molecule has 0 spiro atoms. The molecule has 1 amide bonds. The zero-order chi connectivity index (χ0) is 9.84. The average molecular weight is 175 g/mol. The van der Waals surface area contributed by atoms with E-state index < -0.39 is 5.91 Å². The molecule has 13 heavy (non-hydrogen) atoms. The van der Waals surface area contributed by atoms with Crippen molar-refractivity contribution in [1.29, 1.82) is 0 Å². The topological polar surface area (TPSA) is 82.0 Å². The van der Waals surface area contributed by atoms with Crippen molar-refractivity contribution in [2.45, 2.75) is 6.92 Å². The van der Waals surface area contributed by atoms with Crippen LogP contribution in [0.2, 0.25) is 0 Å². The van der Waals surface area contributed by atoms with Crippen molar-refractivity contribution in [3.8, 4) is 11.8 Å². The van der Waals surface area contributed by atoms with Crippen LogP contribution in [0, 0.1) is 18.8 Å². The molecule has 1 heterocycles. The summed E-state index contributed by atoms with van der Waals surface area (Å²) >= 11 is 0. The number of anilines is 1. The summed E-state index contributed by atoms with van der Waals surface area (Å²) in [4.78, 5) is 14.4. The zero-order valence-corrected chi connectivity index (χ0v) is 7.16. The van der Waals surface area contributed by atoms with Gasteiger partial charge in [0.15, 0.2) is 0 Å². The summed E-state index contributed by atoms with van der Waals surface area (Å²) in [5.74, 6) is 3.98. The van der Waals surface area contributed by atoms with Crippen molar-refractivity contribution in [3.63, 3.8) is 0 Å². The highest BCUT2D eigenvalue weighted by atomic mass is 16.1. The van der Waals surface area contributed by atoms with Crippen molar-refractivity contribution in [1.82, 2.24) is 4.98 Å². The van der Waals surface area contributed by atoms with E-state index in [1.54, 1.807) is 12.1 Å². The molecule has 1 rings (SSSR count). The maximum absolute atomic E-state index is 10.3. The molecule has 0 fully saturated rings. The third-order valence-corrected chi connectivity index (χ3v) is 1.37. The number of aromatic nitrogens is 1. The molecule has 0 aliphatic heterocycles. The van der Waals surface area contributed by atoms with Gasteiger partial charge in [0, 0.05) is 11.6 Å². The number of nitrogens with two attached hydrogens (primary N) is 2. The van der Waals surface area contributed by atoms with Gasteiger partial charge in [0.2, 0.25) is 0 Å². The Labute approximate surface area is 76.0 Å². The third-order valence-electron chi connectivity index (χ3n) is 1.37. The Hall–Kier alpha value is -2.02. The van der Waals surface area contributed by atoms with Crippen LogP contribution in [0.15, 0.2) is 12.1 Å². The first-order valence-electron chi connectivity index (χ1n) is 3.64. The van der Waals surface area contributed by atoms with Gasteiger partial charge in [-0.2, -0.15) is 0 Å². The molecule has 1 aromatic heterocycles. The van der Waals surface area contributed by atoms with Crippen molar-refractivity contribution >= 4 is 11.6 Å². The van der Waals surface area contributed by atoms with Crippen LogP contribution in [0.25, 0.3) is 0 Å². The minimum absolute atomic E-state index is 0.388. The Morgan fingerprint density at radius 1 is 1.54 bits per heavy atom. The molecule has 4 nitrogen and oxygen atoms in total. The van der Waals surface area contributed by atoms with Crippen LogP contribution in [-0.4, -0.2) is 10.9 Å². The van der Waals surface area contributed by atoms with Crippen LogP contribution in [0.3, 0.4) is 0 Å².